The molecule has 1 saturated heterocycles. The van der Waals surface area contributed by atoms with Gasteiger partial charge in [-0.1, -0.05) is 25.5 Å². The van der Waals surface area contributed by atoms with Gasteiger partial charge in [0, 0.05) is 19.6 Å². The maximum Gasteiger partial charge on any atom is 0.233 e. The molecule has 2 bridgehead atoms. The minimum atomic E-state index is -0.113. The van der Waals surface area contributed by atoms with Crippen molar-refractivity contribution in [1.82, 2.24) is 10.2 Å². The van der Waals surface area contributed by atoms with Gasteiger partial charge < -0.3 is 11.1 Å². The van der Waals surface area contributed by atoms with E-state index in [1.807, 2.05) is 0 Å². The van der Waals surface area contributed by atoms with Crippen molar-refractivity contribution in [2.24, 2.45) is 34.4 Å². The van der Waals surface area contributed by atoms with Gasteiger partial charge in [-0.15, -0.1) is 0 Å². The first-order chi connectivity index (χ1) is 10.6. The van der Waals surface area contributed by atoms with Gasteiger partial charge in [0.15, 0.2) is 5.96 Å². The fraction of sp³-hybridized carbons (Fsp3) is 0.688. The summed E-state index contributed by atoms with van der Waals surface area (Å²) in [6.45, 7) is 3.63. The molecule has 3 N–H and O–H groups in total. The Morgan fingerprint density at radius 3 is 2.55 bits per heavy atom. The SMILES string of the molecule is CCCCN=C(N)NCCN1C(=O)C2C3C=CC(C3)C2C1=O. The third-order valence-electron chi connectivity index (χ3n) is 5.00. The van der Waals surface area contributed by atoms with Gasteiger partial charge >= 0.3 is 0 Å². The van der Waals surface area contributed by atoms with Gasteiger partial charge in [-0.3, -0.25) is 19.5 Å². The van der Waals surface area contributed by atoms with E-state index in [1.165, 1.54) is 4.90 Å². The van der Waals surface area contributed by atoms with Gasteiger partial charge in [0.2, 0.25) is 11.8 Å². The maximum atomic E-state index is 12.5. The summed E-state index contributed by atoms with van der Waals surface area (Å²) in [5.41, 5.74) is 5.76. The predicted molar refractivity (Wildman–Crippen MR) is 83.8 cm³/mol. The number of hydrogen-bond acceptors (Lipinski definition) is 3. The Balaban J connectivity index is 1.51. The standard InChI is InChI=1S/C16H24N4O2/c1-2-3-6-18-16(17)19-7-8-20-14(21)12-10-4-5-11(9-10)13(12)15(20)22/h4-5,10-13H,2-3,6-9H2,1H3,(H3,17,18,19). The van der Waals surface area contributed by atoms with E-state index < -0.39 is 0 Å². The number of rotatable bonds is 6. The Morgan fingerprint density at radius 2 is 1.95 bits per heavy atom. The number of fused-ring (bicyclic) bond motifs is 5. The quantitative estimate of drug-likeness (QED) is 0.246. The number of unbranched alkanes of at least 4 members (excludes halogenated alkanes) is 1. The van der Waals surface area contributed by atoms with Crippen LogP contribution in [0, 0.1) is 23.7 Å². The van der Waals surface area contributed by atoms with Gasteiger partial charge in [-0.25, -0.2) is 0 Å². The van der Waals surface area contributed by atoms with Crippen LogP contribution in [0.4, 0.5) is 0 Å². The average Bonchev–Trinajstić information content (AvgIpc) is 3.16. The van der Waals surface area contributed by atoms with Crippen molar-refractivity contribution in [2.75, 3.05) is 19.6 Å². The highest BCUT2D eigenvalue weighted by Gasteiger charge is 2.58. The predicted octanol–water partition coefficient (Wildman–Crippen LogP) is 0.498. The summed E-state index contributed by atoms with van der Waals surface area (Å²) in [6.07, 6.45) is 7.27. The first-order valence-electron chi connectivity index (χ1n) is 8.20. The number of nitrogens with two attached hydrogens (primary N) is 1. The van der Waals surface area contributed by atoms with Crippen molar-refractivity contribution in [3.05, 3.63) is 12.2 Å². The van der Waals surface area contributed by atoms with E-state index in [0.717, 1.165) is 19.3 Å². The Kier molecular flexibility index (Phi) is 4.18. The lowest BCUT2D eigenvalue weighted by atomic mass is 9.85. The molecule has 3 rings (SSSR count). The van der Waals surface area contributed by atoms with Gasteiger partial charge in [0.05, 0.1) is 11.8 Å². The van der Waals surface area contributed by atoms with Crippen molar-refractivity contribution in [3.63, 3.8) is 0 Å². The van der Waals surface area contributed by atoms with Crippen LogP contribution in [-0.4, -0.2) is 42.3 Å². The smallest absolute Gasteiger partial charge is 0.233 e. The van der Waals surface area contributed by atoms with E-state index in [2.05, 4.69) is 29.4 Å². The Hall–Kier alpha value is -1.85. The van der Waals surface area contributed by atoms with E-state index in [4.69, 9.17) is 5.73 Å². The van der Waals surface area contributed by atoms with Crippen LogP contribution in [0.15, 0.2) is 17.1 Å². The van der Waals surface area contributed by atoms with Crippen molar-refractivity contribution >= 4 is 17.8 Å². The van der Waals surface area contributed by atoms with Gasteiger partial charge in [-0.2, -0.15) is 0 Å². The molecule has 1 heterocycles. The second-order valence-corrected chi connectivity index (χ2v) is 6.38. The van der Waals surface area contributed by atoms with E-state index in [1.54, 1.807) is 0 Å². The maximum absolute atomic E-state index is 12.5. The normalized spacial score (nSPS) is 33.0. The molecule has 22 heavy (non-hydrogen) atoms. The van der Waals surface area contributed by atoms with Crippen LogP contribution in [0.3, 0.4) is 0 Å². The molecule has 2 amide bonds. The second kappa shape index (κ2) is 6.10. The highest BCUT2D eigenvalue weighted by Crippen LogP contribution is 2.52. The highest BCUT2D eigenvalue weighted by molar-refractivity contribution is 6.06. The topological polar surface area (TPSA) is 87.8 Å². The molecule has 0 aromatic rings. The van der Waals surface area contributed by atoms with Crippen LogP contribution in [0.1, 0.15) is 26.2 Å². The molecule has 4 unspecified atom stereocenters. The van der Waals surface area contributed by atoms with Crippen molar-refractivity contribution < 1.29 is 9.59 Å². The van der Waals surface area contributed by atoms with Gasteiger partial charge in [0.1, 0.15) is 0 Å². The Morgan fingerprint density at radius 1 is 1.32 bits per heavy atom. The molecule has 0 radical (unpaired) electrons. The van der Waals surface area contributed by atoms with E-state index in [9.17, 15) is 9.59 Å². The summed E-state index contributed by atoms with van der Waals surface area (Å²) in [7, 11) is 0. The Labute approximate surface area is 130 Å². The molecular weight excluding hydrogens is 280 g/mol. The molecule has 2 fully saturated rings. The summed E-state index contributed by atoms with van der Waals surface area (Å²) in [5.74, 6) is 0.686. The number of guanidine groups is 1. The number of amides is 2. The molecule has 2 aliphatic carbocycles. The van der Waals surface area contributed by atoms with Crippen LogP contribution in [0.2, 0.25) is 0 Å². The number of nitrogens with one attached hydrogen (secondary N) is 1. The van der Waals surface area contributed by atoms with E-state index in [0.29, 0.717) is 25.6 Å². The van der Waals surface area contributed by atoms with Crippen molar-refractivity contribution in [2.45, 2.75) is 26.2 Å². The van der Waals surface area contributed by atoms with Crippen LogP contribution in [-0.2, 0) is 9.59 Å². The van der Waals surface area contributed by atoms with Gasteiger partial charge in [0.25, 0.3) is 0 Å². The molecule has 3 aliphatic rings. The number of allylic oxidation sites excluding steroid dienone is 2. The Bertz CT molecular complexity index is 498. The largest absolute Gasteiger partial charge is 0.370 e. The van der Waals surface area contributed by atoms with Crippen molar-refractivity contribution in [1.29, 1.82) is 0 Å². The molecule has 6 nitrogen and oxygen atoms in total. The number of likely N-dealkylation sites (tertiary alicyclic amines) is 1. The molecule has 1 aliphatic heterocycles. The fourth-order valence-corrected chi connectivity index (χ4v) is 3.89. The zero-order chi connectivity index (χ0) is 15.7. The number of carbonyl (C=O) groups excluding carboxylic acids is 2. The van der Waals surface area contributed by atoms with Crippen LogP contribution in [0.5, 0.6) is 0 Å². The first kappa shape index (κ1) is 15.1. The third-order valence-corrected chi connectivity index (χ3v) is 5.00. The number of aliphatic imine (C=N–C) groups is 1. The molecule has 0 aromatic heterocycles. The molecule has 1 saturated carbocycles. The molecule has 4 atom stereocenters. The fourth-order valence-electron chi connectivity index (χ4n) is 3.89. The first-order valence-corrected chi connectivity index (χ1v) is 8.20. The molecular formula is C16H24N4O2. The highest BCUT2D eigenvalue weighted by atomic mass is 16.2. The zero-order valence-electron chi connectivity index (χ0n) is 13.0. The summed E-state index contributed by atoms with van der Waals surface area (Å²) in [6, 6.07) is 0. The second-order valence-electron chi connectivity index (χ2n) is 6.38. The molecule has 6 heteroatoms. The van der Waals surface area contributed by atoms with Gasteiger partial charge in [-0.05, 0) is 24.7 Å². The molecule has 120 valence electrons. The lowest BCUT2D eigenvalue weighted by Gasteiger charge is -2.17. The van der Waals surface area contributed by atoms with Crippen LogP contribution in [0.25, 0.3) is 0 Å². The lowest BCUT2D eigenvalue weighted by molar-refractivity contribution is -0.140. The number of hydrogen-bond donors (Lipinski definition) is 2. The molecule has 0 spiro atoms. The minimum absolute atomic E-state index is 0.00450. The minimum Gasteiger partial charge on any atom is -0.370 e. The van der Waals surface area contributed by atoms with Crippen LogP contribution < -0.4 is 11.1 Å². The molecule has 0 aromatic carbocycles. The number of nitrogens with zero attached hydrogens (tertiary/aromatic N) is 2. The van der Waals surface area contributed by atoms with E-state index >= 15 is 0 Å². The average molecular weight is 304 g/mol. The number of imide groups is 1. The number of carbonyl (C=O) groups is 2. The lowest BCUT2D eigenvalue weighted by Crippen LogP contribution is -2.41. The summed E-state index contributed by atoms with van der Waals surface area (Å²) < 4.78 is 0. The summed E-state index contributed by atoms with van der Waals surface area (Å²) in [5, 5.41) is 2.98. The van der Waals surface area contributed by atoms with Crippen molar-refractivity contribution in [3.8, 4) is 0 Å². The van der Waals surface area contributed by atoms with Crippen LogP contribution >= 0.6 is 0 Å². The summed E-state index contributed by atoms with van der Waals surface area (Å²) in [4.78, 5) is 30.5. The zero-order valence-corrected chi connectivity index (χ0v) is 13.0. The van der Waals surface area contributed by atoms with E-state index in [-0.39, 0.29) is 35.5 Å². The monoisotopic (exact) mass is 304 g/mol. The summed E-state index contributed by atoms with van der Waals surface area (Å²) >= 11 is 0. The third kappa shape index (κ3) is 2.51.